The first-order valence-corrected chi connectivity index (χ1v) is 9.01. The molecule has 3 rings (SSSR count). The largest absolute Gasteiger partial charge is 0.481 e. The van der Waals surface area contributed by atoms with Gasteiger partial charge in [-0.1, -0.05) is 36.7 Å². The van der Waals surface area contributed by atoms with E-state index >= 15 is 0 Å². The first-order valence-electron chi connectivity index (χ1n) is 7.81. The maximum absolute atomic E-state index is 11.3. The van der Waals surface area contributed by atoms with E-state index < -0.39 is 5.97 Å². The number of piperidine rings is 1. The van der Waals surface area contributed by atoms with Crippen LogP contribution in [0.2, 0.25) is 5.02 Å². The van der Waals surface area contributed by atoms with E-state index in [0.29, 0.717) is 12.5 Å². The molecule has 3 nitrogen and oxygen atoms in total. The molecule has 1 aliphatic rings. The van der Waals surface area contributed by atoms with Gasteiger partial charge in [0.1, 0.15) is 0 Å². The van der Waals surface area contributed by atoms with Crippen molar-refractivity contribution in [3.8, 4) is 10.4 Å². The number of thiophene rings is 1. The van der Waals surface area contributed by atoms with Crippen LogP contribution in [-0.4, -0.2) is 29.1 Å². The summed E-state index contributed by atoms with van der Waals surface area (Å²) in [7, 11) is 0. The first kappa shape index (κ1) is 16.5. The number of carboxylic acid groups (broad SMARTS) is 1. The van der Waals surface area contributed by atoms with Crippen LogP contribution in [0.15, 0.2) is 36.4 Å². The summed E-state index contributed by atoms with van der Waals surface area (Å²) >= 11 is 8.00. The summed E-state index contributed by atoms with van der Waals surface area (Å²) in [6.07, 6.45) is 0.779. The minimum Gasteiger partial charge on any atom is -0.481 e. The van der Waals surface area contributed by atoms with Crippen LogP contribution in [0.1, 0.15) is 18.2 Å². The molecule has 0 aliphatic carbocycles. The first-order chi connectivity index (χ1) is 11.0. The fourth-order valence-electron chi connectivity index (χ4n) is 3.26. The van der Waals surface area contributed by atoms with E-state index in [4.69, 9.17) is 11.6 Å². The van der Waals surface area contributed by atoms with Crippen molar-refractivity contribution in [2.75, 3.05) is 13.1 Å². The Morgan fingerprint density at radius 1 is 1.30 bits per heavy atom. The van der Waals surface area contributed by atoms with Gasteiger partial charge in [0.25, 0.3) is 0 Å². The summed E-state index contributed by atoms with van der Waals surface area (Å²) in [4.78, 5) is 16.0. The molecule has 1 aromatic carbocycles. The molecular weight excluding hydrogens is 330 g/mol. The summed E-state index contributed by atoms with van der Waals surface area (Å²) < 4.78 is 0. The number of aliphatic carboxylic acids is 1. The van der Waals surface area contributed by atoms with Gasteiger partial charge in [-0.15, -0.1) is 11.3 Å². The molecule has 0 saturated carbocycles. The monoisotopic (exact) mass is 349 g/mol. The minimum atomic E-state index is -0.676. The summed E-state index contributed by atoms with van der Waals surface area (Å²) in [5, 5.41) is 10.0. The molecule has 5 heteroatoms. The van der Waals surface area contributed by atoms with Crippen LogP contribution in [0.25, 0.3) is 10.4 Å². The Balaban J connectivity index is 1.72. The van der Waals surface area contributed by atoms with Crippen LogP contribution < -0.4 is 0 Å². The van der Waals surface area contributed by atoms with Crippen LogP contribution in [0.4, 0.5) is 0 Å². The molecule has 1 fully saturated rings. The standard InChI is InChI=1S/C18H20ClNO2S/c1-12-8-13(18(21)22)10-20(9-12)11-14-6-7-17(23-14)15-4-2-3-5-16(15)19/h2-7,12-13H,8-11H2,1H3,(H,21,22). The zero-order chi connectivity index (χ0) is 16.4. The minimum absolute atomic E-state index is 0.248. The number of rotatable bonds is 4. The van der Waals surface area contributed by atoms with Gasteiger partial charge in [0.15, 0.2) is 0 Å². The molecule has 1 aliphatic heterocycles. The number of carboxylic acids is 1. The van der Waals surface area contributed by atoms with Gasteiger partial charge in [-0.2, -0.15) is 0 Å². The lowest BCUT2D eigenvalue weighted by molar-refractivity contribution is -0.144. The predicted molar refractivity (Wildman–Crippen MR) is 94.9 cm³/mol. The maximum Gasteiger partial charge on any atom is 0.307 e. The Morgan fingerprint density at radius 2 is 2.09 bits per heavy atom. The van der Waals surface area contributed by atoms with E-state index in [1.807, 2.05) is 24.3 Å². The molecule has 23 heavy (non-hydrogen) atoms. The van der Waals surface area contributed by atoms with E-state index in [0.717, 1.165) is 35.0 Å². The van der Waals surface area contributed by atoms with Crippen molar-refractivity contribution in [3.63, 3.8) is 0 Å². The second-order valence-corrected chi connectivity index (χ2v) is 7.89. The average molecular weight is 350 g/mol. The van der Waals surface area contributed by atoms with Crippen LogP contribution >= 0.6 is 22.9 Å². The Bertz CT molecular complexity index is 700. The summed E-state index contributed by atoms with van der Waals surface area (Å²) in [5.74, 6) is -0.501. The molecule has 1 N–H and O–H groups in total. The number of benzene rings is 1. The van der Waals surface area contributed by atoms with E-state index in [2.05, 4.69) is 24.0 Å². The lowest BCUT2D eigenvalue weighted by atomic mass is 9.90. The van der Waals surface area contributed by atoms with Crippen molar-refractivity contribution in [1.82, 2.24) is 4.90 Å². The van der Waals surface area contributed by atoms with Crippen molar-refractivity contribution >= 4 is 28.9 Å². The zero-order valence-electron chi connectivity index (χ0n) is 13.0. The Morgan fingerprint density at radius 3 is 2.83 bits per heavy atom. The van der Waals surface area contributed by atoms with Gasteiger partial charge in [-0.25, -0.2) is 0 Å². The number of hydrogen-bond acceptors (Lipinski definition) is 3. The molecule has 1 saturated heterocycles. The molecule has 2 aromatic rings. The van der Waals surface area contributed by atoms with Gasteiger partial charge < -0.3 is 5.11 Å². The van der Waals surface area contributed by atoms with Gasteiger partial charge in [-0.05, 0) is 30.5 Å². The van der Waals surface area contributed by atoms with Crippen molar-refractivity contribution in [2.45, 2.75) is 19.9 Å². The van der Waals surface area contributed by atoms with Crippen LogP contribution in [0.3, 0.4) is 0 Å². The van der Waals surface area contributed by atoms with E-state index in [1.54, 1.807) is 11.3 Å². The molecule has 2 heterocycles. The van der Waals surface area contributed by atoms with Gasteiger partial charge in [0, 0.05) is 40.0 Å². The van der Waals surface area contributed by atoms with E-state index in [1.165, 1.54) is 4.88 Å². The Labute approximate surface area is 145 Å². The van der Waals surface area contributed by atoms with Crippen molar-refractivity contribution < 1.29 is 9.90 Å². The van der Waals surface area contributed by atoms with E-state index in [9.17, 15) is 9.90 Å². The molecule has 2 unspecified atom stereocenters. The number of hydrogen-bond donors (Lipinski definition) is 1. The smallest absolute Gasteiger partial charge is 0.307 e. The Kier molecular flexibility index (Phi) is 5.05. The molecule has 0 bridgehead atoms. The third-order valence-electron chi connectivity index (χ3n) is 4.26. The molecule has 0 amide bonds. The molecular formula is C18H20ClNO2S. The average Bonchev–Trinajstić information content (AvgIpc) is 2.95. The van der Waals surface area contributed by atoms with Crippen molar-refractivity contribution in [1.29, 1.82) is 0 Å². The number of halogens is 1. The predicted octanol–water partition coefficient (Wildman–Crippen LogP) is 4.61. The van der Waals surface area contributed by atoms with Crippen molar-refractivity contribution in [3.05, 3.63) is 46.3 Å². The molecule has 0 spiro atoms. The second-order valence-electron chi connectivity index (χ2n) is 6.32. The quantitative estimate of drug-likeness (QED) is 0.876. The Hall–Kier alpha value is -1.36. The molecule has 2 atom stereocenters. The fourth-order valence-corrected chi connectivity index (χ4v) is 4.64. The third kappa shape index (κ3) is 3.94. The maximum atomic E-state index is 11.3. The van der Waals surface area contributed by atoms with Gasteiger partial charge in [-0.3, -0.25) is 9.69 Å². The fraction of sp³-hybridized carbons (Fsp3) is 0.389. The molecule has 0 radical (unpaired) electrons. The van der Waals surface area contributed by atoms with Crippen LogP contribution in [0, 0.1) is 11.8 Å². The number of likely N-dealkylation sites (tertiary alicyclic amines) is 1. The molecule has 122 valence electrons. The normalized spacial score (nSPS) is 22.2. The SMILES string of the molecule is CC1CC(C(=O)O)CN(Cc2ccc(-c3ccccc3Cl)s2)C1. The van der Waals surface area contributed by atoms with E-state index in [-0.39, 0.29) is 5.92 Å². The topological polar surface area (TPSA) is 40.5 Å². The number of carbonyl (C=O) groups is 1. The zero-order valence-corrected chi connectivity index (χ0v) is 14.6. The molecule has 1 aromatic heterocycles. The highest BCUT2D eigenvalue weighted by Crippen LogP contribution is 2.34. The van der Waals surface area contributed by atoms with Crippen LogP contribution in [-0.2, 0) is 11.3 Å². The van der Waals surface area contributed by atoms with Crippen molar-refractivity contribution in [2.24, 2.45) is 11.8 Å². The highest BCUT2D eigenvalue weighted by molar-refractivity contribution is 7.15. The highest BCUT2D eigenvalue weighted by Gasteiger charge is 2.29. The lowest BCUT2D eigenvalue weighted by Crippen LogP contribution is -2.41. The summed E-state index contributed by atoms with van der Waals surface area (Å²) in [6.45, 7) is 4.54. The van der Waals surface area contributed by atoms with Gasteiger partial charge in [0.2, 0.25) is 0 Å². The van der Waals surface area contributed by atoms with Gasteiger partial charge >= 0.3 is 5.97 Å². The lowest BCUT2D eigenvalue weighted by Gasteiger charge is -2.34. The highest BCUT2D eigenvalue weighted by atomic mass is 35.5. The second kappa shape index (κ2) is 7.04. The van der Waals surface area contributed by atoms with Gasteiger partial charge in [0.05, 0.1) is 5.92 Å². The third-order valence-corrected chi connectivity index (χ3v) is 5.70. The number of nitrogens with zero attached hydrogens (tertiary/aromatic N) is 1. The van der Waals surface area contributed by atoms with Crippen LogP contribution in [0.5, 0.6) is 0 Å². The summed E-state index contributed by atoms with van der Waals surface area (Å²) in [5.41, 5.74) is 1.06. The summed E-state index contributed by atoms with van der Waals surface area (Å²) in [6, 6.07) is 12.1.